The minimum atomic E-state index is -2.96. The summed E-state index contributed by atoms with van der Waals surface area (Å²) >= 11 is 5.82. The molecule has 0 spiro atoms. The Labute approximate surface area is 125 Å². The molecule has 116 valence electrons. The van der Waals surface area contributed by atoms with Gasteiger partial charge in [0.05, 0.1) is 23.7 Å². The first-order valence-electron chi connectivity index (χ1n) is 6.22. The van der Waals surface area contributed by atoms with E-state index in [2.05, 4.69) is 10.1 Å². The van der Waals surface area contributed by atoms with Crippen molar-refractivity contribution >= 4 is 23.2 Å². The van der Waals surface area contributed by atoms with Gasteiger partial charge < -0.3 is 20.5 Å². The molecule has 0 aliphatic carbocycles. The molecule has 1 aromatic rings. The summed E-state index contributed by atoms with van der Waals surface area (Å²) in [5, 5.41) is 2.63. The van der Waals surface area contributed by atoms with Gasteiger partial charge >= 0.3 is 6.61 Å². The molecular formula is C13H15ClF2N2O3. The standard InChI is InChI=1S/C13H15ClF2N2O3/c1-13(6-20-5-10(13)17)11(19)18-7-2-3-9(8(14)4-7)21-12(15)16/h2-4,10,12H,5-6,17H2,1H3,(H,18,19). The van der Waals surface area contributed by atoms with Crippen molar-refractivity contribution in [3.05, 3.63) is 23.2 Å². The van der Waals surface area contributed by atoms with E-state index >= 15 is 0 Å². The van der Waals surface area contributed by atoms with E-state index in [4.69, 9.17) is 22.1 Å². The van der Waals surface area contributed by atoms with Crippen molar-refractivity contribution in [1.29, 1.82) is 0 Å². The molecule has 1 aliphatic rings. The summed E-state index contributed by atoms with van der Waals surface area (Å²) in [4.78, 5) is 12.3. The van der Waals surface area contributed by atoms with Crippen molar-refractivity contribution in [2.75, 3.05) is 18.5 Å². The number of ether oxygens (including phenoxy) is 2. The highest BCUT2D eigenvalue weighted by Crippen LogP contribution is 2.32. The highest BCUT2D eigenvalue weighted by Gasteiger charge is 2.44. The van der Waals surface area contributed by atoms with Crippen molar-refractivity contribution in [2.45, 2.75) is 19.6 Å². The lowest BCUT2D eigenvalue weighted by molar-refractivity contribution is -0.125. The van der Waals surface area contributed by atoms with E-state index in [-0.39, 0.29) is 23.3 Å². The molecule has 1 fully saturated rings. The zero-order valence-electron chi connectivity index (χ0n) is 11.2. The normalized spacial score (nSPS) is 25.1. The van der Waals surface area contributed by atoms with Gasteiger partial charge in [-0.1, -0.05) is 11.6 Å². The van der Waals surface area contributed by atoms with Crippen LogP contribution in [0, 0.1) is 5.41 Å². The number of nitrogens with two attached hydrogens (primary N) is 1. The van der Waals surface area contributed by atoms with Gasteiger partial charge in [0.15, 0.2) is 0 Å². The zero-order chi connectivity index (χ0) is 15.6. The molecule has 1 heterocycles. The van der Waals surface area contributed by atoms with Crippen molar-refractivity contribution in [3.63, 3.8) is 0 Å². The molecular weight excluding hydrogens is 306 g/mol. The first-order valence-corrected chi connectivity index (χ1v) is 6.60. The van der Waals surface area contributed by atoms with E-state index in [0.717, 1.165) is 0 Å². The van der Waals surface area contributed by atoms with Crippen LogP contribution in [0.1, 0.15) is 6.92 Å². The Morgan fingerprint density at radius 3 is 2.86 bits per heavy atom. The maximum Gasteiger partial charge on any atom is 0.387 e. The molecule has 0 radical (unpaired) electrons. The van der Waals surface area contributed by atoms with Crippen LogP contribution in [0.2, 0.25) is 5.02 Å². The summed E-state index contributed by atoms with van der Waals surface area (Å²) in [5.41, 5.74) is 5.39. The van der Waals surface area contributed by atoms with E-state index in [0.29, 0.717) is 12.3 Å². The van der Waals surface area contributed by atoms with Gasteiger partial charge in [0, 0.05) is 11.7 Å². The third-order valence-electron chi connectivity index (χ3n) is 3.44. The van der Waals surface area contributed by atoms with Crippen LogP contribution in [0.5, 0.6) is 5.75 Å². The van der Waals surface area contributed by atoms with Crippen LogP contribution in [0.4, 0.5) is 14.5 Å². The van der Waals surface area contributed by atoms with Crippen LogP contribution in [-0.4, -0.2) is 31.8 Å². The lowest BCUT2D eigenvalue weighted by Gasteiger charge is -2.25. The van der Waals surface area contributed by atoms with Gasteiger partial charge in [0.1, 0.15) is 5.75 Å². The monoisotopic (exact) mass is 320 g/mol. The molecule has 0 saturated carbocycles. The van der Waals surface area contributed by atoms with Crippen LogP contribution >= 0.6 is 11.6 Å². The zero-order valence-corrected chi connectivity index (χ0v) is 12.0. The Bertz CT molecular complexity index is 544. The number of rotatable bonds is 4. The topological polar surface area (TPSA) is 73.6 Å². The summed E-state index contributed by atoms with van der Waals surface area (Å²) in [6, 6.07) is 3.61. The molecule has 1 aromatic carbocycles. The molecule has 3 N–H and O–H groups in total. The fraction of sp³-hybridized carbons (Fsp3) is 0.462. The van der Waals surface area contributed by atoms with Gasteiger partial charge in [-0.25, -0.2) is 0 Å². The molecule has 2 unspecified atom stereocenters. The third kappa shape index (κ3) is 3.42. The molecule has 2 rings (SSSR count). The predicted molar refractivity (Wildman–Crippen MR) is 73.6 cm³/mol. The van der Waals surface area contributed by atoms with Gasteiger partial charge in [-0.15, -0.1) is 0 Å². The SMILES string of the molecule is CC1(C(=O)Nc2ccc(OC(F)F)c(Cl)c2)COCC1N. The average Bonchev–Trinajstić information content (AvgIpc) is 2.74. The fourth-order valence-electron chi connectivity index (χ4n) is 1.97. The second-order valence-corrected chi connectivity index (χ2v) is 5.42. The Morgan fingerprint density at radius 1 is 1.62 bits per heavy atom. The van der Waals surface area contributed by atoms with E-state index in [1.165, 1.54) is 18.2 Å². The number of hydrogen-bond donors (Lipinski definition) is 2. The van der Waals surface area contributed by atoms with Crippen LogP contribution in [-0.2, 0) is 9.53 Å². The Morgan fingerprint density at radius 2 is 2.33 bits per heavy atom. The van der Waals surface area contributed by atoms with Gasteiger partial charge in [-0.2, -0.15) is 8.78 Å². The number of hydrogen-bond acceptors (Lipinski definition) is 4. The Hall–Kier alpha value is -1.44. The van der Waals surface area contributed by atoms with Crippen molar-refractivity contribution in [3.8, 4) is 5.75 Å². The third-order valence-corrected chi connectivity index (χ3v) is 3.74. The van der Waals surface area contributed by atoms with Crippen LogP contribution in [0.15, 0.2) is 18.2 Å². The molecule has 0 aromatic heterocycles. The van der Waals surface area contributed by atoms with E-state index < -0.39 is 18.1 Å². The van der Waals surface area contributed by atoms with Gasteiger partial charge in [0.2, 0.25) is 5.91 Å². The summed E-state index contributed by atoms with van der Waals surface area (Å²) in [6.45, 7) is -0.724. The maximum absolute atomic E-state index is 12.3. The average molecular weight is 321 g/mol. The second-order valence-electron chi connectivity index (χ2n) is 5.02. The number of amides is 1. The lowest BCUT2D eigenvalue weighted by atomic mass is 9.85. The van der Waals surface area contributed by atoms with Gasteiger partial charge in [-0.3, -0.25) is 4.79 Å². The molecule has 0 bridgehead atoms. The second kappa shape index (κ2) is 6.13. The summed E-state index contributed by atoms with van der Waals surface area (Å²) in [5.74, 6) is -0.470. The minimum absolute atomic E-state index is 0.0229. The quantitative estimate of drug-likeness (QED) is 0.892. The largest absolute Gasteiger partial charge is 0.433 e. The van der Waals surface area contributed by atoms with E-state index in [9.17, 15) is 13.6 Å². The summed E-state index contributed by atoms with van der Waals surface area (Å²) in [6.07, 6.45) is 0. The van der Waals surface area contributed by atoms with E-state index in [1.54, 1.807) is 6.92 Å². The summed E-state index contributed by atoms with van der Waals surface area (Å²) < 4.78 is 33.7. The first-order chi connectivity index (χ1) is 9.83. The molecule has 1 saturated heterocycles. The first kappa shape index (κ1) is 15.9. The lowest BCUT2D eigenvalue weighted by Crippen LogP contribution is -2.47. The van der Waals surface area contributed by atoms with Crippen molar-refractivity contribution < 1.29 is 23.0 Å². The van der Waals surface area contributed by atoms with E-state index in [1.807, 2.05) is 0 Å². The number of anilines is 1. The molecule has 8 heteroatoms. The Kier molecular flexibility index (Phi) is 4.65. The molecule has 1 aliphatic heterocycles. The van der Waals surface area contributed by atoms with Crippen LogP contribution < -0.4 is 15.8 Å². The maximum atomic E-state index is 12.3. The van der Waals surface area contributed by atoms with Gasteiger partial charge in [-0.05, 0) is 25.1 Å². The number of halogens is 3. The van der Waals surface area contributed by atoms with Crippen molar-refractivity contribution in [1.82, 2.24) is 0 Å². The molecule has 2 atom stereocenters. The molecule has 1 amide bonds. The predicted octanol–water partition coefficient (Wildman–Crippen LogP) is 2.24. The number of nitrogens with one attached hydrogen (secondary N) is 1. The van der Waals surface area contributed by atoms with Crippen LogP contribution in [0.25, 0.3) is 0 Å². The van der Waals surface area contributed by atoms with Gasteiger partial charge in [0.25, 0.3) is 0 Å². The minimum Gasteiger partial charge on any atom is -0.433 e. The highest BCUT2D eigenvalue weighted by molar-refractivity contribution is 6.32. The fourth-order valence-corrected chi connectivity index (χ4v) is 2.19. The number of carbonyl (C=O) groups is 1. The number of alkyl halides is 2. The summed E-state index contributed by atoms with van der Waals surface area (Å²) in [7, 11) is 0. The highest BCUT2D eigenvalue weighted by atomic mass is 35.5. The van der Waals surface area contributed by atoms with Crippen LogP contribution in [0.3, 0.4) is 0 Å². The van der Waals surface area contributed by atoms with Crippen molar-refractivity contribution in [2.24, 2.45) is 11.1 Å². The molecule has 21 heavy (non-hydrogen) atoms. The smallest absolute Gasteiger partial charge is 0.387 e. The number of benzene rings is 1. The number of carbonyl (C=O) groups excluding carboxylic acids is 1. The Balaban J connectivity index is 2.10. The molecule has 5 nitrogen and oxygen atoms in total.